The summed E-state index contributed by atoms with van der Waals surface area (Å²) >= 11 is 2.20. The molecule has 92 valence electrons. The standard InChI is InChI=1S/C13H12IN3O/c14-10-4-3-6-11(8-10)17-13(18)16-9-12-5-1-2-7-15-12/h1-8H,9H2,(H2,16,17,18). The molecule has 0 fully saturated rings. The summed E-state index contributed by atoms with van der Waals surface area (Å²) in [6.45, 7) is 0.413. The number of nitrogens with one attached hydrogen (secondary N) is 2. The lowest BCUT2D eigenvalue weighted by Gasteiger charge is -2.07. The molecule has 2 rings (SSSR count). The summed E-state index contributed by atoms with van der Waals surface area (Å²) < 4.78 is 1.08. The van der Waals surface area contributed by atoms with Gasteiger partial charge in [0.25, 0.3) is 0 Å². The molecule has 0 radical (unpaired) electrons. The number of benzene rings is 1. The third-order valence-electron chi connectivity index (χ3n) is 2.24. The van der Waals surface area contributed by atoms with Crippen LogP contribution < -0.4 is 10.6 Å². The molecule has 4 nitrogen and oxygen atoms in total. The zero-order valence-electron chi connectivity index (χ0n) is 9.56. The number of hydrogen-bond donors (Lipinski definition) is 2. The molecule has 0 saturated carbocycles. The number of amides is 2. The van der Waals surface area contributed by atoms with E-state index in [9.17, 15) is 4.79 Å². The Morgan fingerprint density at radius 2 is 2.11 bits per heavy atom. The van der Waals surface area contributed by atoms with E-state index >= 15 is 0 Å². The fourth-order valence-corrected chi connectivity index (χ4v) is 1.96. The van der Waals surface area contributed by atoms with E-state index in [0.29, 0.717) is 6.54 Å². The first kappa shape index (κ1) is 12.8. The smallest absolute Gasteiger partial charge is 0.319 e. The first-order chi connectivity index (χ1) is 8.74. The van der Waals surface area contributed by atoms with Crippen molar-refractivity contribution in [1.29, 1.82) is 0 Å². The van der Waals surface area contributed by atoms with Gasteiger partial charge in [-0.25, -0.2) is 4.79 Å². The molecule has 1 aromatic heterocycles. The minimum absolute atomic E-state index is 0.234. The van der Waals surface area contributed by atoms with E-state index in [4.69, 9.17) is 0 Å². The monoisotopic (exact) mass is 353 g/mol. The summed E-state index contributed by atoms with van der Waals surface area (Å²) in [4.78, 5) is 15.8. The number of hydrogen-bond acceptors (Lipinski definition) is 2. The van der Waals surface area contributed by atoms with Crippen LogP contribution in [0.25, 0.3) is 0 Å². The van der Waals surface area contributed by atoms with Gasteiger partial charge in [-0.1, -0.05) is 12.1 Å². The number of nitrogens with zero attached hydrogens (tertiary/aromatic N) is 1. The minimum Gasteiger partial charge on any atom is -0.332 e. The van der Waals surface area contributed by atoms with Crippen LogP contribution in [0.4, 0.5) is 10.5 Å². The van der Waals surface area contributed by atoms with Crippen LogP contribution in [-0.4, -0.2) is 11.0 Å². The zero-order valence-corrected chi connectivity index (χ0v) is 11.7. The number of anilines is 1. The average Bonchev–Trinajstić information content (AvgIpc) is 2.38. The van der Waals surface area contributed by atoms with E-state index in [1.165, 1.54) is 0 Å². The summed E-state index contributed by atoms with van der Waals surface area (Å²) in [5.74, 6) is 0. The summed E-state index contributed by atoms with van der Waals surface area (Å²) in [7, 11) is 0. The Kier molecular flexibility index (Phi) is 4.52. The van der Waals surface area contributed by atoms with Crippen LogP contribution in [0.2, 0.25) is 0 Å². The van der Waals surface area contributed by atoms with Crippen LogP contribution in [0.3, 0.4) is 0 Å². The average molecular weight is 353 g/mol. The van der Waals surface area contributed by atoms with Gasteiger partial charge in [-0.2, -0.15) is 0 Å². The number of rotatable bonds is 3. The van der Waals surface area contributed by atoms with Crippen LogP contribution in [0.15, 0.2) is 48.7 Å². The van der Waals surface area contributed by atoms with Crippen LogP contribution in [0.5, 0.6) is 0 Å². The Morgan fingerprint density at radius 1 is 1.22 bits per heavy atom. The van der Waals surface area contributed by atoms with E-state index in [1.54, 1.807) is 6.20 Å². The second kappa shape index (κ2) is 6.34. The van der Waals surface area contributed by atoms with Crippen LogP contribution >= 0.6 is 22.6 Å². The summed E-state index contributed by atoms with van der Waals surface area (Å²) in [5, 5.41) is 5.52. The third kappa shape index (κ3) is 3.99. The van der Waals surface area contributed by atoms with E-state index < -0.39 is 0 Å². The highest BCUT2D eigenvalue weighted by molar-refractivity contribution is 14.1. The van der Waals surface area contributed by atoms with Gasteiger partial charge in [0.15, 0.2) is 0 Å². The Labute approximate surface area is 119 Å². The first-order valence-corrected chi connectivity index (χ1v) is 6.52. The summed E-state index contributed by atoms with van der Waals surface area (Å²) in [6.07, 6.45) is 1.70. The van der Waals surface area contributed by atoms with Gasteiger partial charge in [0.2, 0.25) is 0 Å². The van der Waals surface area contributed by atoms with Crippen molar-refractivity contribution >= 4 is 34.3 Å². The molecule has 0 aliphatic carbocycles. The first-order valence-electron chi connectivity index (χ1n) is 5.44. The number of carbonyl (C=O) groups is 1. The predicted molar refractivity (Wildman–Crippen MR) is 79.3 cm³/mol. The maximum Gasteiger partial charge on any atom is 0.319 e. The van der Waals surface area contributed by atoms with Gasteiger partial charge in [0.1, 0.15) is 0 Å². The van der Waals surface area contributed by atoms with Crippen LogP contribution in [0.1, 0.15) is 5.69 Å². The molecule has 0 saturated heterocycles. The number of urea groups is 1. The summed E-state index contributed by atoms with van der Waals surface area (Å²) in [6, 6.07) is 13.0. The van der Waals surface area contributed by atoms with Gasteiger partial charge >= 0.3 is 6.03 Å². The van der Waals surface area contributed by atoms with Gasteiger partial charge in [0.05, 0.1) is 12.2 Å². The van der Waals surface area contributed by atoms with Crippen LogP contribution in [0, 0.1) is 3.57 Å². The molecule has 0 aliphatic rings. The Balaban J connectivity index is 1.86. The Morgan fingerprint density at radius 3 is 2.83 bits per heavy atom. The third-order valence-corrected chi connectivity index (χ3v) is 2.91. The molecule has 0 unspecified atom stereocenters. The van der Waals surface area contributed by atoms with E-state index in [0.717, 1.165) is 15.0 Å². The molecular formula is C13H12IN3O. The van der Waals surface area contributed by atoms with Crippen molar-refractivity contribution in [3.8, 4) is 0 Å². The lowest BCUT2D eigenvalue weighted by molar-refractivity contribution is 0.251. The van der Waals surface area contributed by atoms with Gasteiger partial charge < -0.3 is 10.6 Å². The molecule has 2 amide bonds. The molecule has 0 bridgehead atoms. The highest BCUT2D eigenvalue weighted by Crippen LogP contribution is 2.11. The largest absolute Gasteiger partial charge is 0.332 e. The van der Waals surface area contributed by atoms with Crippen LogP contribution in [-0.2, 0) is 6.54 Å². The SMILES string of the molecule is O=C(NCc1ccccn1)Nc1cccc(I)c1. The molecule has 18 heavy (non-hydrogen) atoms. The topological polar surface area (TPSA) is 54.0 Å². The fourth-order valence-electron chi connectivity index (χ4n) is 1.42. The molecule has 0 spiro atoms. The summed E-state index contributed by atoms with van der Waals surface area (Å²) in [5.41, 5.74) is 1.61. The van der Waals surface area contributed by atoms with Gasteiger partial charge in [0, 0.05) is 15.5 Å². The molecule has 2 aromatic rings. The number of halogens is 1. The van der Waals surface area contributed by atoms with Gasteiger partial charge in [-0.15, -0.1) is 0 Å². The quantitative estimate of drug-likeness (QED) is 0.834. The highest BCUT2D eigenvalue weighted by atomic mass is 127. The van der Waals surface area contributed by atoms with Gasteiger partial charge in [-0.3, -0.25) is 4.98 Å². The maximum absolute atomic E-state index is 11.6. The Hall–Kier alpha value is -1.63. The highest BCUT2D eigenvalue weighted by Gasteiger charge is 2.02. The van der Waals surface area contributed by atoms with Crippen molar-refractivity contribution in [1.82, 2.24) is 10.3 Å². The molecule has 0 aliphatic heterocycles. The van der Waals surface area contributed by atoms with Gasteiger partial charge in [-0.05, 0) is 52.9 Å². The van der Waals surface area contributed by atoms with Crippen molar-refractivity contribution in [2.75, 3.05) is 5.32 Å². The molecule has 1 heterocycles. The molecule has 1 aromatic carbocycles. The van der Waals surface area contributed by atoms with E-state index in [2.05, 4.69) is 38.2 Å². The number of pyridine rings is 1. The second-order valence-electron chi connectivity index (χ2n) is 3.64. The van der Waals surface area contributed by atoms with Crippen molar-refractivity contribution in [2.24, 2.45) is 0 Å². The maximum atomic E-state index is 11.6. The molecule has 2 N–H and O–H groups in total. The van der Waals surface area contributed by atoms with Crippen molar-refractivity contribution in [2.45, 2.75) is 6.54 Å². The lowest BCUT2D eigenvalue weighted by atomic mass is 10.3. The normalized spacial score (nSPS) is 9.83. The van der Waals surface area contributed by atoms with Crippen molar-refractivity contribution in [3.05, 3.63) is 57.9 Å². The second-order valence-corrected chi connectivity index (χ2v) is 4.88. The lowest BCUT2D eigenvalue weighted by Crippen LogP contribution is -2.28. The fraction of sp³-hybridized carbons (Fsp3) is 0.0769. The zero-order chi connectivity index (χ0) is 12.8. The Bertz CT molecular complexity index is 531. The molecular weight excluding hydrogens is 341 g/mol. The minimum atomic E-state index is -0.234. The van der Waals surface area contributed by atoms with E-state index in [-0.39, 0.29) is 6.03 Å². The number of aromatic nitrogens is 1. The van der Waals surface area contributed by atoms with Crippen molar-refractivity contribution < 1.29 is 4.79 Å². The van der Waals surface area contributed by atoms with Crippen molar-refractivity contribution in [3.63, 3.8) is 0 Å². The predicted octanol–water partition coefficient (Wildman–Crippen LogP) is 3.01. The number of carbonyl (C=O) groups excluding carboxylic acids is 1. The molecule has 5 heteroatoms. The van der Waals surface area contributed by atoms with E-state index in [1.807, 2.05) is 42.5 Å². The molecule has 0 atom stereocenters.